The van der Waals surface area contributed by atoms with Crippen LogP contribution in [0.5, 0.6) is 11.5 Å². The van der Waals surface area contributed by atoms with E-state index < -0.39 is 0 Å². The van der Waals surface area contributed by atoms with Crippen LogP contribution in [0, 0.1) is 0 Å². The van der Waals surface area contributed by atoms with Crippen molar-refractivity contribution in [3.05, 3.63) is 59.7 Å². The van der Waals surface area contributed by atoms with E-state index in [1.807, 2.05) is 17.8 Å². The van der Waals surface area contributed by atoms with Crippen molar-refractivity contribution < 1.29 is 14.2 Å². The second-order valence-corrected chi connectivity index (χ2v) is 7.95. The van der Waals surface area contributed by atoms with E-state index in [4.69, 9.17) is 14.2 Å². The molecule has 3 aliphatic rings. The Bertz CT molecular complexity index is 783. The van der Waals surface area contributed by atoms with E-state index in [0.29, 0.717) is 6.61 Å². The third-order valence-corrected chi connectivity index (χ3v) is 6.34. The minimum atomic E-state index is -0.0405. The van der Waals surface area contributed by atoms with Crippen LogP contribution >= 0.6 is 11.8 Å². The van der Waals surface area contributed by atoms with Crippen LogP contribution in [0.3, 0.4) is 0 Å². The molecule has 0 aromatic heterocycles. The maximum atomic E-state index is 6.55. The second-order valence-electron chi connectivity index (χ2n) is 6.95. The summed E-state index contributed by atoms with van der Waals surface area (Å²) in [5, 5.41) is 0. The van der Waals surface area contributed by atoms with Gasteiger partial charge in [0.05, 0.1) is 19.3 Å². The molecule has 2 aromatic carbocycles. The zero-order chi connectivity index (χ0) is 17.3. The number of hydrogen-bond donors (Lipinski definition) is 0. The van der Waals surface area contributed by atoms with E-state index in [0.717, 1.165) is 48.1 Å². The molecule has 0 radical (unpaired) electrons. The summed E-state index contributed by atoms with van der Waals surface area (Å²) in [5.74, 6) is 3.94. The van der Waals surface area contributed by atoms with Crippen LogP contribution < -0.4 is 9.47 Å². The molecule has 2 fully saturated rings. The maximum Gasteiger partial charge on any atom is 0.125 e. The highest BCUT2D eigenvalue weighted by Crippen LogP contribution is 2.52. The lowest BCUT2D eigenvalue weighted by Crippen LogP contribution is -2.28. The van der Waals surface area contributed by atoms with E-state index >= 15 is 0 Å². The van der Waals surface area contributed by atoms with Crippen molar-refractivity contribution >= 4 is 11.8 Å². The number of fused-ring (bicyclic) bond motifs is 7. The summed E-state index contributed by atoms with van der Waals surface area (Å²) in [6.45, 7) is 1.43. The van der Waals surface area contributed by atoms with Gasteiger partial charge in [0.2, 0.25) is 0 Å². The highest BCUT2D eigenvalue weighted by atomic mass is 32.2. The highest BCUT2D eigenvalue weighted by Gasteiger charge is 2.48. The third kappa shape index (κ3) is 2.88. The zero-order valence-corrected chi connectivity index (χ0v) is 15.5. The molecule has 0 bridgehead atoms. The van der Waals surface area contributed by atoms with Crippen molar-refractivity contribution in [2.24, 2.45) is 0 Å². The molecule has 0 saturated carbocycles. The maximum absolute atomic E-state index is 6.55. The first kappa shape index (κ1) is 16.5. The molecule has 26 heavy (non-hydrogen) atoms. The number of para-hydroxylation sites is 2. The summed E-state index contributed by atoms with van der Waals surface area (Å²) in [7, 11) is 0. The lowest BCUT2D eigenvalue weighted by molar-refractivity contribution is 0.0263. The monoisotopic (exact) mass is 369 g/mol. The van der Waals surface area contributed by atoms with E-state index in [1.54, 1.807) is 0 Å². The fourth-order valence-electron chi connectivity index (χ4n) is 4.09. The zero-order valence-electron chi connectivity index (χ0n) is 14.7. The Morgan fingerprint density at radius 1 is 0.846 bits per heavy atom. The second kappa shape index (κ2) is 7.14. The largest absolute Gasteiger partial charge is 0.493 e. The van der Waals surface area contributed by atoms with Gasteiger partial charge in [0.1, 0.15) is 23.8 Å². The van der Waals surface area contributed by atoms with Crippen LogP contribution in [0.1, 0.15) is 36.1 Å². The average Bonchev–Trinajstić information content (AvgIpc) is 3.25. The molecule has 4 nitrogen and oxygen atoms in total. The summed E-state index contributed by atoms with van der Waals surface area (Å²) >= 11 is 1.94. The molecule has 0 amide bonds. The van der Waals surface area contributed by atoms with Gasteiger partial charge in [-0.15, -0.1) is 11.8 Å². The predicted molar refractivity (Wildman–Crippen MR) is 103 cm³/mol. The lowest BCUT2D eigenvalue weighted by atomic mass is 9.94. The number of ether oxygens (including phenoxy) is 3. The first-order chi connectivity index (χ1) is 12.9. The lowest BCUT2D eigenvalue weighted by Gasteiger charge is -2.28. The standard InChI is InChI=1S/C21H23NO3S/c1-3-9-17-15(7-1)20-21(25-19-13-26-14-22(19)20)16-8-2-4-10-18(16)24-12-6-5-11-23-17/h1-4,7-10,19-21H,5-6,11-14H2/t19-,20+,21+/m1/s1. The first-order valence-corrected chi connectivity index (χ1v) is 10.5. The Morgan fingerprint density at radius 2 is 1.50 bits per heavy atom. The number of benzene rings is 2. The molecule has 3 heterocycles. The van der Waals surface area contributed by atoms with Gasteiger partial charge in [0.15, 0.2) is 0 Å². The number of rotatable bonds is 0. The summed E-state index contributed by atoms with van der Waals surface area (Å²) < 4.78 is 18.8. The fourth-order valence-corrected chi connectivity index (χ4v) is 5.20. The molecule has 3 aliphatic heterocycles. The number of nitrogens with zero attached hydrogens (tertiary/aromatic N) is 1. The Kier molecular flexibility index (Phi) is 4.53. The Balaban J connectivity index is 1.63. The molecule has 0 N–H and O–H groups in total. The molecule has 5 rings (SSSR count). The molecule has 2 saturated heterocycles. The van der Waals surface area contributed by atoms with Crippen LogP contribution in [0.15, 0.2) is 48.5 Å². The molecule has 3 atom stereocenters. The number of hydrogen-bond acceptors (Lipinski definition) is 5. The van der Waals surface area contributed by atoms with Gasteiger partial charge in [-0.2, -0.15) is 0 Å². The van der Waals surface area contributed by atoms with Crippen molar-refractivity contribution in [1.29, 1.82) is 0 Å². The summed E-state index contributed by atoms with van der Waals surface area (Å²) in [4.78, 5) is 2.47. The van der Waals surface area contributed by atoms with Gasteiger partial charge in [-0.1, -0.05) is 36.4 Å². The smallest absolute Gasteiger partial charge is 0.125 e. The van der Waals surface area contributed by atoms with Crippen LogP contribution in [0.2, 0.25) is 0 Å². The highest BCUT2D eigenvalue weighted by molar-refractivity contribution is 7.99. The van der Waals surface area contributed by atoms with Gasteiger partial charge in [0.25, 0.3) is 0 Å². The molecule has 0 spiro atoms. The normalized spacial score (nSPS) is 28.4. The quantitative estimate of drug-likeness (QED) is 0.688. The molecule has 5 heteroatoms. The van der Waals surface area contributed by atoms with Crippen molar-refractivity contribution in [3.8, 4) is 11.5 Å². The third-order valence-electron chi connectivity index (χ3n) is 5.34. The van der Waals surface area contributed by atoms with Gasteiger partial charge in [-0.25, -0.2) is 0 Å². The van der Waals surface area contributed by atoms with E-state index in [9.17, 15) is 0 Å². The van der Waals surface area contributed by atoms with Crippen LogP contribution in [-0.2, 0) is 4.74 Å². The van der Waals surface area contributed by atoms with Gasteiger partial charge in [-0.05, 0) is 25.0 Å². The molecule has 0 aliphatic carbocycles. The van der Waals surface area contributed by atoms with Crippen LogP contribution in [0.25, 0.3) is 0 Å². The van der Waals surface area contributed by atoms with E-state index in [1.165, 1.54) is 5.56 Å². The van der Waals surface area contributed by atoms with E-state index in [-0.39, 0.29) is 18.4 Å². The topological polar surface area (TPSA) is 30.9 Å². The minimum absolute atomic E-state index is 0.0405. The van der Waals surface area contributed by atoms with Crippen molar-refractivity contribution in [2.75, 3.05) is 24.8 Å². The van der Waals surface area contributed by atoms with Gasteiger partial charge in [0, 0.05) is 22.8 Å². The molecular weight excluding hydrogens is 346 g/mol. The molecule has 0 unspecified atom stereocenters. The van der Waals surface area contributed by atoms with E-state index in [2.05, 4.69) is 47.4 Å². The fraction of sp³-hybridized carbons (Fsp3) is 0.429. The number of thioether (sulfide) groups is 1. The minimum Gasteiger partial charge on any atom is -0.493 e. The van der Waals surface area contributed by atoms with Crippen LogP contribution in [0.4, 0.5) is 0 Å². The van der Waals surface area contributed by atoms with Crippen LogP contribution in [-0.4, -0.2) is 36.0 Å². The SMILES string of the molecule is c1ccc2c(c1)OCCCCOc1ccccc1[C@H]1[C@H]2O[C@@H]2CSCN21. The first-order valence-electron chi connectivity index (χ1n) is 9.34. The summed E-state index contributed by atoms with van der Waals surface area (Å²) in [6.07, 6.45) is 2.09. The molecular formula is C21H23NO3S. The average molecular weight is 369 g/mol. The van der Waals surface area contributed by atoms with Gasteiger partial charge >= 0.3 is 0 Å². The Labute approximate surface area is 158 Å². The molecule has 136 valence electrons. The summed E-state index contributed by atoms with van der Waals surface area (Å²) in [5.41, 5.74) is 2.37. The van der Waals surface area contributed by atoms with Crippen molar-refractivity contribution in [2.45, 2.75) is 31.2 Å². The van der Waals surface area contributed by atoms with Gasteiger partial charge in [-0.3, -0.25) is 4.90 Å². The van der Waals surface area contributed by atoms with Gasteiger partial charge < -0.3 is 14.2 Å². The van der Waals surface area contributed by atoms with Crippen molar-refractivity contribution in [1.82, 2.24) is 4.90 Å². The van der Waals surface area contributed by atoms with Crippen molar-refractivity contribution in [3.63, 3.8) is 0 Å². The Morgan fingerprint density at radius 3 is 2.27 bits per heavy atom. The molecule has 2 aromatic rings. The Hall–Kier alpha value is -1.69. The summed E-state index contributed by atoms with van der Waals surface area (Å²) in [6, 6.07) is 16.9. The predicted octanol–water partition coefficient (Wildman–Crippen LogP) is 4.38.